The second-order valence-corrected chi connectivity index (χ2v) is 2.48. The van der Waals surface area contributed by atoms with Gasteiger partial charge in [-0.15, -0.1) is 0 Å². The van der Waals surface area contributed by atoms with Gasteiger partial charge in [0.05, 0.1) is 0 Å². The largest absolute Gasteiger partial charge is 0.509 e. The van der Waals surface area contributed by atoms with Crippen LogP contribution in [0.4, 0.5) is 4.79 Å². The minimum atomic E-state index is -0.615. The fourth-order valence-corrected chi connectivity index (χ4v) is 1.15. The van der Waals surface area contributed by atoms with Crippen LogP contribution in [0.15, 0.2) is 0 Å². The van der Waals surface area contributed by atoms with Crippen molar-refractivity contribution in [3.63, 3.8) is 0 Å². The van der Waals surface area contributed by atoms with Crippen molar-refractivity contribution in [2.45, 2.75) is 32.0 Å². The van der Waals surface area contributed by atoms with Gasteiger partial charge in [-0.1, -0.05) is 6.92 Å². The van der Waals surface area contributed by atoms with Crippen LogP contribution < -0.4 is 0 Å². The van der Waals surface area contributed by atoms with Gasteiger partial charge in [-0.05, 0) is 6.42 Å². The van der Waals surface area contributed by atoms with Gasteiger partial charge in [-0.25, -0.2) is 4.79 Å². The number of aliphatic hydroxyl groups is 1. The molecule has 11 heavy (non-hydrogen) atoms. The van der Waals surface area contributed by atoms with Crippen LogP contribution in [-0.4, -0.2) is 30.1 Å². The van der Waals surface area contributed by atoms with Crippen LogP contribution in [-0.2, 0) is 9.47 Å². The number of ether oxygens (including phenoxy) is 2. The molecule has 0 amide bonds. The molecule has 0 spiro atoms. The van der Waals surface area contributed by atoms with Gasteiger partial charge in [-0.3, -0.25) is 0 Å². The van der Waals surface area contributed by atoms with E-state index in [1.807, 2.05) is 6.92 Å². The fourth-order valence-electron chi connectivity index (χ4n) is 1.15. The fraction of sp³-hybridized carbons (Fsp3) is 0.857. The zero-order valence-corrected chi connectivity index (χ0v) is 6.45. The molecule has 4 nitrogen and oxygen atoms in total. The van der Waals surface area contributed by atoms with Crippen molar-refractivity contribution in [3.8, 4) is 0 Å². The van der Waals surface area contributed by atoms with E-state index in [-0.39, 0.29) is 18.8 Å². The van der Waals surface area contributed by atoms with E-state index in [9.17, 15) is 4.79 Å². The van der Waals surface area contributed by atoms with Crippen molar-refractivity contribution in [1.82, 2.24) is 0 Å². The zero-order valence-electron chi connectivity index (χ0n) is 6.45. The summed E-state index contributed by atoms with van der Waals surface area (Å²) >= 11 is 0. The Labute approximate surface area is 65.1 Å². The maximum absolute atomic E-state index is 10.6. The van der Waals surface area contributed by atoms with Crippen molar-refractivity contribution in [2.24, 2.45) is 0 Å². The number of hydrogen-bond acceptors (Lipinski definition) is 4. The molecule has 64 valence electrons. The molecule has 1 fully saturated rings. The summed E-state index contributed by atoms with van der Waals surface area (Å²) in [5, 5.41) is 8.58. The Kier molecular flexibility index (Phi) is 2.70. The number of carbonyl (C=O) groups is 1. The summed E-state index contributed by atoms with van der Waals surface area (Å²) in [7, 11) is 0. The Morgan fingerprint density at radius 1 is 1.45 bits per heavy atom. The Bertz CT molecular complexity index is 145. The highest BCUT2D eigenvalue weighted by Gasteiger charge is 2.34. The Morgan fingerprint density at radius 3 is 2.64 bits per heavy atom. The van der Waals surface area contributed by atoms with Crippen LogP contribution in [0.25, 0.3) is 0 Å². The van der Waals surface area contributed by atoms with Gasteiger partial charge in [0.2, 0.25) is 0 Å². The molecule has 1 N–H and O–H groups in total. The second kappa shape index (κ2) is 3.57. The van der Waals surface area contributed by atoms with Crippen molar-refractivity contribution < 1.29 is 19.4 Å². The van der Waals surface area contributed by atoms with E-state index in [0.717, 1.165) is 6.42 Å². The smallest absolute Gasteiger partial charge is 0.427 e. The summed E-state index contributed by atoms with van der Waals surface area (Å²) in [6, 6.07) is 0. The maximum Gasteiger partial charge on any atom is 0.509 e. The molecular weight excluding hydrogens is 148 g/mol. The van der Waals surface area contributed by atoms with E-state index >= 15 is 0 Å². The lowest BCUT2D eigenvalue weighted by Crippen LogP contribution is -2.22. The molecular formula is C7H12O4. The standard InChI is InChI=1S/C7H12O4/c1-2-5-6(3-4-8)11-7(9)10-5/h5-6,8H,2-4H2,1H3/t5-,6+/m0/s1. The van der Waals surface area contributed by atoms with E-state index in [4.69, 9.17) is 14.6 Å². The molecule has 1 aliphatic heterocycles. The number of hydrogen-bond donors (Lipinski definition) is 1. The van der Waals surface area contributed by atoms with E-state index in [1.165, 1.54) is 0 Å². The molecule has 0 aliphatic carbocycles. The summed E-state index contributed by atoms with van der Waals surface area (Å²) in [6.45, 7) is 1.94. The van der Waals surface area contributed by atoms with Gasteiger partial charge in [-0.2, -0.15) is 0 Å². The third kappa shape index (κ3) is 1.83. The Balaban J connectivity index is 2.43. The summed E-state index contributed by atoms with van der Waals surface area (Å²) in [4.78, 5) is 10.6. The summed E-state index contributed by atoms with van der Waals surface area (Å²) in [5.41, 5.74) is 0. The molecule has 4 heteroatoms. The second-order valence-electron chi connectivity index (χ2n) is 2.48. The SMILES string of the molecule is CC[C@@H]1OC(=O)O[C@@H]1CCO. The van der Waals surface area contributed by atoms with Crippen LogP contribution in [0.3, 0.4) is 0 Å². The lowest BCUT2D eigenvalue weighted by Gasteiger charge is -2.10. The third-order valence-corrected chi connectivity index (χ3v) is 1.73. The molecule has 0 aromatic carbocycles. The lowest BCUT2D eigenvalue weighted by atomic mass is 10.1. The summed E-state index contributed by atoms with van der Waals surface area (Å²) in [6.07, 6.45) is 0.156. The topological polar surface area (TPSA) is 55.8 Å². The molecule has 1 rings (SSSR count). The Morgan fingerprint density at radius 2 is 2.09 bits per heavy atom. The molecule has 0 radical (unpaired) electrons. The third-order valence-electron chi connectivity index (χ3n) is 1.73. The van der Waals surface area contributed by atoms with Gasteiger partial charge >= 0.3 is 6.16 Å². The van der Waals surface area contributed by atoms with Crippen LogP contribution >= 0.6 is 0 Å². The Hall–Kier alpha value is -0.770. The van der Waals surface area contributed by atoms with Crippen LogP contribution in [0.5, 0.6) is 0 Å². The molecule has 1 aliphatic rings. The normalized spacial score (nSPS) is 29.8. The number of rotatable bonds is 3. The van der Waals surface area contributed by atoms with Gasteiger partial charge in [0.25, 0.3) is 0 Å². The molecule has 2 atom stereocenters. The first kappa shape index (κ1) is 8.33. The highest BCUT2D eigenvalue weighted by molar-refractivity contribution is 5.62. The first-order chi connectivity index (χ1) is 5.27. The molecule has 1 saturated heterocycles. The van der Waals surface area contributed by atoms with E-state index in [2.05, 4.69) is 0 Å². The average molecular weight is 160 g/mol. The molecule has 0 unspecified atom stereocenters. The van der Waals surface area contributed by atoms with Gasteiger partial charge in [0.1, 0.15) is 12.2 Å². The van der Waals surface area contributed by atoms with Crippen LogP contribution in [0.1, 0.15) is 19.8 Å². The predicted molar refractivity (Wildman–Crippen MR) is 37.1 cm³/mol. The lowest BCUT2D eigenvalue weighted by molar-refractivity contribution is 0.109. The minimum Gasteiger partial charge on any atom is -0.427 e. The molecule has 0 saturated carbocycles. The number of carbonyl (C=O) groups excluding carboxylic acids is 1. The summed E-state index contributed by atoms with van der Waals surface area (Å²) < 4.78 is 9.59. The van der Waals surface area contributed by atoms with Crippen LogP contribution in [0, 0.1) is 0 Å². The van der Waals surface area contributed by atoms with Crippen molar-refractivity contribution in [2.75, 3.05) is 6.61 Å². The summed E-state index contributed by atoms with van der Waals surface area (Å²) in [5.74, 6) is 0. The van der Waals surface area contributed by atoms with Crippen molar-refractivity contribution in [3.05, 3.63) is 0 Å². The van der Waals surface area contributed by atoms with E-state index < -0.39 is 6.16 Å². The zero-order chi connectivity index (χ0) is 8.27. The molecule has 0 aromatic rings. The predicted octanol–water partition coefficient (Wildman–Crippen LogP) is 0.683. The van der Waals surface area contributed by atoms with Gasteiger partial charge in [0.15, 0.2) is 0 Å². The van der Waals surface area contributed by atoms with Gasteiger partial charge in [0, 0.05) is 13.0 Å². The molecule has 0 bridgehead atoms. The highest BCUT2D eigenvalue weighted by Crippen LogP contribution is 2.19. The molecule has 0 aromatic heterocycles. The minimum absolute atomic E-state index is 0.0256. The monoisotopic (exact) mass is 160 g/mol. The van der Waals surface area contributed by atoms with Crippen molar-refractivity contribution in [1.29, 1.82) is 0 Å². The molecule has 1 heterocycles. The highest BCUT2D eigenvalue weighted by atomic mass is 16.8. The van der Waals surface area contributed by atoms with Gasteiger partial charge < -0.3 is 14.6 Å². The van der Waals surface area contributed by atoms with Crippen LogP contribution in [0.2, 0.25) is 0 Å². The first-order valence-corrected chi connectivity index (χ1v) is 3.76. The first-order valence-electron chi connectivity index (χ1n) is 3.76. The van der Waals surface area contributed by atoms with Crippen molar-refractivity contribution >= 4 is 6.16 Å². The quantitative estimate of drug-likeness (QED) is 0.617. The average Bonchev–Trinajstić information content (AvgIpc) is 2.32. The van der Waals surface area contributed by atoms with E-state index in [0.29, 0.717) is 6.42 Å². The number of aliphatic hydroxyl groups excluding tert-OH is 1. The van der Waals surface area contributed by atoms with E-state index in [1.54, 1.807) is 0 Å². The maximum atomic E-state index is 10.6. The number of cyclic esters (lactones) is 2.